The minimum absolute atomic E-state index is 0.205. The van der Waals surface area contributed by atoms with E-state index in [1.807, 2.05) is 35.8 Å². The quantitative estimate of drug-likeness (QED) is 0.686. The normalized spacial score (nSPS) is 10.9. The number of nitrogen functional groups attached to an aromatic ring is 1. The second-order valence-electron chi connectivity index (χ2n) is 4.32. The highest BCUT2D eigenvalue weighted by Gasteiger charge is 2.10. The van der Waals surface area contributed by atoms with Gasteiger partial charge in [-0.25, -0.2) is 4.98 Å². The van der Waals surface area contributed by atoms with Gasteiger partial charge in [0.2, 0.25) is 5.95 Å². The fourth-order valence-electron chi connectivity index (χ4n) is 2.12. The first kappa shape index (κ1) is 10.7. The van der Waals surface area contributed by atoms with E-state index < -0.39 is 0 Å². The molecule has 0 atom stereocenters. The van der Waals surface area contributed by atoms with Gasteiger partial charge in [-0.3, -0.25) is 4.57 Å². The number of hydrogen-bond donors (Lipinski definition) is 2. The monoisotopic (exact) mass is 239 g/mol. The molecule has 3 aromatic rings. The Hall–Kier alpha value is -2.49. The molecule has 0 spiro atoms. The summed E-state index contributed by atoms with van der Waals surface area (Å²) in [7, 11) is 0. The van der Waals surface area contributed by atoms with Gasteiger partial charge in [-0.2, -0.15) is 0 Å². The number of hydrogen-bond acceptors (Lipinski definition) is 3. The Morgan fingerprint density at radius 3 is 2.78 bits per heavy atom. The van der Waals surface area contributed by atoms with Crippen molar-refractivity contribution in [2.45, 2.75) is 6.92 Å². The fourth-order valence-corrected chi connectivity index (χ4v) is 2.12. The van der Waals surface area contributed by atoms with E-state index in [1.165, 1.54) is 0 Å². The zero-order valence-electron chi connectivity index (χ0n) is 9.96. The third-order valence-corrected chi connectivity index (χ3v) is 2.92. The Balaban J connectivity index is 2.34. The number of aromatic nitrogens is 2. The van der Waals surface area contributed by atoms with Crippen LogP contribution < -0.4 is 5.73 Å². The summed E-state index contributed by atoms with van der Waals surface area (Å²) in [6, 6.07) is 13.0. The van der Waals surface area contributed by atoms with Crippen molar-refractivity contribution in [1.29, 1.82) is 0 Å². The molecule has 3 N–H and O–H groups in total. The molecule has 1 aromatic heterocycles. The predicted molar refractivity (Wildman–Crippen MR) is 71.9 cm³/mol. The highest BCUT2D eigenvalue weighted by Crippen LogP contribution is 2.26. The van der Waals surface area contributed by atoms with Gasteiger partial charge in [0.25, 0.3) is 0 Å². The maximum atomic E-state index is 9.58. The van der Waals surface area contributed by atoms with Crippen molar-refractivity contribution in [3.05, 3.63) is 48.0 Å². The molecular formula is C14H13N3O. The van der Waals surface area contributed by atoms with Gasteiger partial charge < -0.3 is 10.8 Å². The molecule has 0 aliphatic carbocycles. The van der Waals surface area contributed by atoms with E-state index in [-0.39, 0.29) is 5.75 Å². The van der Waals surface area contributed by atoms with Crippen LogP contribution in [0.3, 0.4) is 0 Å². The third kappa shape index (κ3) is 1.59. The number of aromatic hydroxyl groups is 1. The van der Waals surface area contributed by atoms with Gasteiger partial charge in [-0.05, 0) is 36.8 Å². The zero-order chi connectivity index (χ0) is 12.7. The molecule has 4 nitrogen and oxygen atoms in total. The van der Waals surface area contributed by atoms with Crippen LogP contribution >= 0.6 is 0 Å². The maximum absolute atomic E-state index is 9.58. The summed E-state index contributed by atoms with van der Waals surface area (Å²) < 4.78 is 1.84. The molecule has 18 heavy (non-hydrogen) atoms. The number of rotatable bonds is 1. The van der Waals surface area contributed by atoms with Crippen molar-refractivity contribution in [1.82, 2.24) is 9.55 Å². The topological polar surface area (TPSA) is 64.1 Å². The van der Waals surface area contributed by atoms with Gasteiger partial charge >= 0.3 is 0 Å². The predicted octanol–water partition coefficient (Wildman–Crippen LogP) is 2.62. The average molecular weight is 239 g/mol. The minimum Gasteiger partial charge on any atom is -0.508 e. The summed E-state index contributed by atoms with van der Waals surface area (Å²) in [5.74, 6) is 0.623. The van der Waals surface area contributed by atoms with Crippen molar-refractivity contribution in [3.8, 4) is 11.4 Å². The highest BCUT2D eigenvalue weighted by atomic mass is 16.3. The number of nitrogens with two attached hydrogens (primary N) is 1. The Morgan fingerprint density at radius 1 is 1.17 bits per heavy atom. The molecule has 0 unspecified atom stereocenters. The summed E-state index contributed by atoms with van der Waals surface area (Å²) in [4.78, 5) is 4.29. The van der Waals surface area contributed by atoms with E-state index in [2.05, 4.69) is 4.98 Å². The number of phenolic OH excluding ortho intramolecular Hbond substituents is 1. The Labute approximate surface area is 104 Å². The van der Waals surface area contributed by atoms with E-state index in [0.29, 0.717) is 5.95 Å². The number of benzene rings is 2. The van der Waals surface area contributed by atoms with E-state index >= 15 is 0 Å². The van der Waals surface area contributed by atoms with E-state index in [0.717, 1.165) is 22.3 Å². The first-order chi connectivity index (χ1) is 8.65. The average Bonchev–Trinajstić information content (AvgIpc) is 2.64. The molecule has 2 aromatic carbocycles. The Morgan fingerprint density at radius 2 is 2.00 bits per heavy atom. The van der Waals surface area contributed by atoms with Crippen LogP contribution in [0.15, 0.2) is 42.5 Å². The molecule has 0 saturated carbocycles. The van der Waals surface area contributed by atoms with Crippen molar-refractivity contribution in [2.24, 2.45) is 0 Å². The van der Waals surface area contributed by atoms with Crippen LogP contribution in [0.1, 0.15) is 5.56 Å². The Bertz CT molecular complexity index is 731. The fraction of sp³-hybridized carbons (Fsp3) is 0.0714. The smallest absolute Gasteiger partial charge is 0.205 e. The van der Waals surface area contributed by atoms with Gasteiger partial charge in [0, 0.05) is 11.8 Å². The number of nitrogens with zero attached hydrogens (tertiary/aromatic N) is 2. The van der Waals surface area contributed by atoms with Crippen LogP contribution in [0.2, 0.25) is 0 Å². The van der Waals surface area contributed by atoms with Crippen molar-refractivity contribution < 1.29 is 5.11 Å². The second kappa shape index (κ2) is 3.77. The number of imidazole rings is 1. The molecule has 0 aliphatic rings. The van der Waals surface area contributed by atoms with Gasteiger partial charge in [0.15, 0.2) is 0 Å². The SMILES string of the molecule is Cc1cccc(-n2c(N)nc3ccc(O)cc32)c1. The summed E-state index contributed by atoms with van der Waals surface area (Å²) >= 11 is 0. The molecule has 3 rings (SSSR count). The van der Waals surface area contributed by atoms with Gasteiger partial charge in [0.05, 0.1) is 11.0 Å². The molecule has 90 valence electrons. The summed E-state index contributed by atoms with van der Waals surface area (Å²) in [5, 5.41) is 9.58. The lowest BCUT2D eigenvalue weighted by molar-refractivity contribution is 0.476. The number of aryl methyl sites for hydroxylation is 1. The molecule has 1 heterocycles. The second-order valence-corrected chi connectivity index (χ2v) is 4.32. The summed E-state index contributed by atoms with van der Waals surface area (Å²) in [6.07, 6.45) is 0. The standard InChI is InChI=1S/C14H13N3O/c1-9-3-2-4-10(7-9)17-13-8-11(18)5-6-12(13)16-14(17)15/h2-8,18H,1H3,(H2,15,16). The van der Waals surface area contributed by atoms with Crippen LogP contribution in [0.25, 0.3) is 16.7 Å². The van der Waals surface area contributed by atoms with Crippen molar-refractivity contribution >= 4 is 17.0 Å². The van der Waals surface area contributed by atoms with Gasteiger partial charge in [0.1, 0.15) is 5.75 Å². The molecule has 0 saturated heterocycles. The van der Waals surface area contributed by atoms with Crippen molar-refractivity contribution in [2.75, 3.05) is 5.73 Å². The highest BCUT2D eigenvalue weighted by molar-refractivity contribution is 5.82. The lowest BCUT2D eigenvalue weighted by Crippen LogP contribution is -2.00. The largest absolute Gasteiger partial charge is 0.508 e. The van der Waals surface area contributed by atoms with E-state index in [4.69, 9.17) is 5.73 Å². The first-order valence-corrected chi connectivity index (χ1v) is 5.69. The summed E-state index contributed by atoms with van der Waals surface area (Å²) in [6.45, 7) is 2.02. The lowest BCUT2D eigenvalue weighted by atomic mass is 10.2. The third-order valence-electron chi connectivity index (χ3n) is 2.92. The molecule has 4 heteroatoms. The minimum atomic E-state index is 0.205. The first-order valence-electron chi connectivity index (χ1n) is 5.69. The zero-order valence-corrected chi connectivity index (χ0v) is 9.96. The molecular weight excluding hydrogens is 226 g/mol. The number of fused-ring (bicyclic) bond motifs is 1. The van der Waals surface area contributed by atoms with E-state index in [9.17, 15) is 5.11 Å². The van der Waals surface area contributed by atoms with Gasteiger partial charge in [-0.15, -0.1) is 0 Å². The molecule has 0 amide bonds. The van der Waals surface area contributed by atoms with Crippen molar-refractivity contribution in [3.63, 3.8) is 0 Å². The van der Waals surface area contributed by atoms with E-state index in [1.54, 1.807) is 18.2 Å². The molecule has 0 fully saturated rings. The van der Waals surface area contributed by atoms with Crippen LogP contribution in [0, 0.1) is 6.92 Å². The maximum Gasteiger partial charge on any atom is 0.205 e. The van der Waals surface area contributed by atoms with Crippen LogP contribution in [0.5, 0.6) is 5.75 Å². The Kier molecular flexibility index (Phi) is 2.23. The number of phenols is 1. The molecule has 0 bridgehead atoms. The number of anilines is 1. The molecule has 0 radical (unpaired) electrons. The molecule has 0 aliphatic heterocycles. The summed E-state index contributed by atoms with van der Waals surface area (Å²) in [5.41, 5.74) is 9.62. The van der Waals surface area contributed by atoms with Crippen LogP contribution in [0.4, 0.5) is 5.95 Å². The van der Waals surface area contributed by atoms with Crippen LogP contribution in [-0.2, 0) is 0 Å². The van der Waals surface area contributed by atoms with Crippen LogP contribution in [-0.4, -0.2) is 14.7 Å². The lowest BCUT2D eigenvalue weighted by Gasteiger charge is -2.07. The van der Waals surface area contributed by atoms with Gasteiger partial charge in [-0.1, -0.05) is 12.1 Å².